The van der Waals surface area contributed by atoms with E-state index in [0.717, 1.165) is 43.8 Å². The summed E-state index contributed by atoms with van der Waals surface area (Å²) in [6.07, 6.45) is 7.95. The average molecular weight is 248 g/mol. The minimum Gasteiger partial charge on any atom is -0.355 e. The minimum atomic E-state index is 0.727. The molecule has 1 saturated heterocycles. The van der Waals surface area contributed by atoms with Crippen LogP contribution in [0.15, 0.2) is 18.6 Å². The monoisotopic (exact) mass is 248 g/mol. The number of nitrogens with zero attached hydrogens (tertiary/aromatic N) is 3. The Bertz CT molecular complexity index is 339. The number of anilines is 1. The number of hydrogen-bond acceptors (Lipinski definition) is 4. The summed E-state index contributed by atoms with van der Waals surface area (Å²) >= 11 is 0. The smallest absolute Gasteiger partial charge is 0.147 e. The molecule has 0 aliphatic carbocycles. The van der Waals surface area contributed by atoms with E-state index in [1.54, 1.807) is 12.4 Å². The van der Waals surface area contributed by atoms with Crippen LogP contribution in [0.5, 0.6) is 0 Å². The number of hydrogen-bond donors (Lipinski definition) is 1. The molecule has 1 aromatic rings. The molecule has 1 N–H and O–H groups in total. The van der Waals surface area contributed by atoms with E-state index in [0.29, 0.717) is 0 Å². The van der Waals surface area contributed by atoms with E-state index in [4.69, 9.17) is 0 Å². The summed E-state index contributed by atoms with van der Waals surface area (Å²) in [5, 5.41) is 3.56. The summed E-state index contributed by atoms with van der Waals surface area (Å²) in [6, 6.07) is 0. The predicted octanol–water partition coefficient (Wildman–Crippen LogP) is 1.94. The topological polar surface area (TPSA) is 41.0 Å². The molecule has 1 unspecified atom stereocenters. The molecule has 1 atom stereocenters. The molecule has 1 aliphatic rings. The van der Waals surface area contributed by atoms with E-state index in [9.17, 15) is 0 Å². The van der Waals surface area contributed by atoms with E-state index >= 15 is 0 Å². The van der Waals surface area contributed by atoms with Crippen molar-refractivity contribution in [2.75, 3.05) is 31.1 Å². The largest absolute Gasteiger partial charge is 0.355 e. The summed E-state index contributed by atoms with van der Waals surface area (Å²) in [6.45, 7) is 8.94. The summed E-state index contributed by atoms with van der Waals surface area (Å²) in [5.74, 6) is 2.48. The molecule has 18 heavy (non-hydrogen) atoms. The SMILES string of the molecule is CC(C)CNCC1CCCN(c2cnccn2)C1. The maximum absolute atomic E-state index is 4.39. The van der Waals surface area contributed by atoms with Crippen molar-refractivity contribution in [3.8, 4) is 0 Å². The Kier molecular flexibility index (Phi) is 4.93. The lowest BCUT2D eigenvalue weighted by atomic mass is 9.98. The second kappa shape index (κ2) is 6.69. The van der Waals surface area contributed by atoms with Gasteiger partial charge < -0.3 is 10.2 Å². The van der Waals surface area contributed by atoms with Crippen LogP contribution >= 0.6 is 0 Å². The fourth-order valence-corrected chi connectivity index (χ4v) is 2.47. The first-order chi connectivity index (χ1) is 8.75. The highest BCUT2D eigenvalue weighted by molar-refractivity contribution is 5.35. The molecule has 2 heterocycles. The quantitative estimate of drug-likeness (QED) is 0.864. The Morgan fingerprint density at radius 3 is 3.06 bits per heavy atom. The summed E-state index contributed by atoms with van der Waals surface area (Å²) < 4.78 is 0. The third-order valence-corrected chi connectivity index (χ3v) is 3.38. The van der Waals surface area contributed by atoms with Gasteiger partial charge in [0.25, 0.3) is 0 Å². The van der Waals surface area contributed by atoms with Crippen LogP contribution in [0.4, 0.5) is 5.82 Å². The van der Waals surface area contributed by atoms with Gasteiger partial charge in [-0.2, -0.15) is 0 Å². The number of nitrogens with one attached hydrogen (secondary N) is 1. The van der Waals surface area contributed by atoms with Crippen molar-refractivity contribution in [1.29, 1.82) is 0 Å². The molecule has 0 aromatic carbocycles. The van der Waals surface area contributed by atoms with Crippen LogP contribution in [-0.4, -0.2) is 36.1 Å². The van der Waals surface area contributed by atoms with Crippen molar-refractivity contribution in [3.05, 3.63) is 18.6 Å². The molecule has 0 bridgehead atoms. The lowest BCUT2D eigenvalue weighted by molar-refractivity contribution is 0.381. The van der Waals surface area contributed by atoms with Gasteiger partial charge in [-0.1, -0.05) is 13.8 Å². The third kappa shape index (κ3) is 3.95. The zero-order valence-electron chi connectivity index (χ0n) is 11.5. The summed E-state index contributed by atoms with van der Waals surface area (Å²) in [7, 11) is 0. The van der Waals surface area contributed by atoms with Gasteiger partial charge in [0.15, 0.2) is 0 Å². The average Bonchev–Trinajstić information content (AvgIpc) is 2.40. The standard InChI is InChI=1S/C14H24N4/c1-12(2)8-16-9-13-4-3-7-18(11-13)14-10-15-5-6-17-14/h5-6,10,12-13,16H,3-4,7-9,11H2,1-2H3. The highest BCUT2D eigenvalue weighted by Crippen LogP contribution is 2.20. The van der Waals surface area contributed by atoms with Gasteiger partial charge in [0.05, 0.1) is 6.20 Å². The molecule has 0 amide bonds. The van der Waals surface area contributed by atoms with Crippen molar-refractivity contribution in [1.82, 2.24) is 15.3 Å². The van der Waals surface area contributed by atoms with Crippen molar-refractivity contribution >= 4 is 5.82 Å². The predicted molar refractivity (Wildman–Crippen MR) is 74.7 cm³/mol. The minimum absolute atomic E-state index is 0.727. The molecule has 4 nitrogen and oxygen atoms in total. The summed E-state index contributed by atoms with van der Waals surface area (Å²) in [5.41, 5.74) is 0. The van der Waals surface area contributed by atoms with Crippen LogP contribution in [0.3, 0.4) is 0 Å². The molecule has 0 spiro atoms. The zero-order valence-corrected chi connectivity index (χ0v) is 11.5. The Morgan fingerprint density at radius 1 is 1.44 bits per heavy atom. The van der Waals surface area contributed by atoms with Crippen LogP contribution in [0.1, 0.15) is 26.7 Å². The normalized spacial score (nSPS) is 20.4. The van der Waals surface area contributed by atoms with E-state index in [1.807, 2.05) is 6.20 Å². The molecule has 0 saturated carbocycles. The van der Waals surface area contributed by atoms with Crippen LogP contribution in [0, 0.1) is 11.8 Å². The maximum atomic E-state index is 4.39. The van der Waals surface area contributed by atoms with Gasteiger partial charge in [-0.15, -0.1) is 0 Å². The Labute approximate surface area is 110 Å². The van der Waals surface area contributed by atoms with Crippen LogP contribution < -0.4 is 10.2 Å². The molecular formula is C14H24N4. The highest BCUT2D eigenvalue weighted by atomic mass is 15.2. The fourth-order valence-electron chi connectivity index (χ4n) is 2.47. The Balaban J connectivity index is 1.81. The molecule has 1 aromatic heterocycles. The van der Waals surface area contributed by atoms with E-state index in [-0.39, 0.29) is 0 Å². The van der Waals surface area contributed by atoms with Gasteiger partial charge in [0.2, 0.25) is 0 Å². The van der Waals surface area contributed by atoms with Gasteiger partial charge >= 0.3 is 0 Å². The van der Waals surface area contributed by atoms with E-state index < -0.39 is 0 Å². The van der Waals surface area contributed by atoms with Crippen molar-refractivity contribution < 1.29 is 0 Å². The number of piperidine rings is 1. The molecule has 0 radical (unpaired) electrons. The maximum Gasteiger partial charge on any atom is 0.147 e. The first-order valence-electron chi connectivity index (χ1n) is 6.97. The lowest BCUT2D eigenvalue weighted by Crippen LogP contribution is -2.40. The van der Waals surface area contributed by atoms with Crippen molar-refractivity contribution in [2.24, 2.45) is 11.8 Å². The fraction of sp³-hybridized carbons (Fsp3) is 0.714. The van der Waals surface area contributed by atoms with Crippen molar-refractivity contribution in [3.63, 3.8) is 0 Å². The third-order valence-electron chi connectivity index (χ3n) is 3.38. The van der Waals surface area contributed by atoms with Gasteiger partial charge in [-0.3, -0.25) is 4.98 Å². The van der Waals surface area contributed by atoms with Crippen LogP contribution in [0.2, 0.25) is 0 Å². The van der Waals surface area contributed by atoms with Gasteiger partial charge in [-0.25, -0.2) is 4.98 Å². The molecule has 1 aliphatic heterocycles. The number of aromatic nitrogens is 2. The van der Waals surface area contributed by atoms with E-state index in [1.165, 1.54) is 12.8 Å². The zero-order chi connectivity index (χ0) is 12.8. The van der Waals surface area contributed by atoms with Crippen LogP contribution in [-0.2, 0) is 0 Å². The highest BCUT2D eigenvalue weighted by Gasteiger charge is 2.20. The Morgan fingerprint density at radius 2 is 2.33 bits per heavy atom. The first-order valence-corrected chi connectivity index (χ1v) is 6.97. The van der Waals surface area contributed by atoms with Gasteiger partial charge in [0, 0.05) is 25.5 Å². The van der Waals surface area contributed by atoms with Crippen molar-refractivity contribution in [2.45, 2.75) is 26.7 Å². The Hall–Kier alpha value is -1.16. The molecular weight excluding hydrogens is 224 g/mol. The van der Waals surface area contributed by atoms with Crippen LogP contribution in [0.25, 0.3) is 0 Å². The lowest BCUT2D eigenvalue weighted by Gasteiger charge is -2.33. The first kappa shape index (κ1) is 13.3. The van der Waals surface area contributed by atoms with Gasteiger partial charge in [0.1, 0.15) is 5.82 Å². The summed E-state index contributed by atoms with van der Waals surface area (Å²) in [4.78, 5) is 10.9. The van der Waals surface area contributed by atoms with Gasteiger partial charge in [-0.05, 0) is 37.8 Å². The molecule has 2 rings (SSSR count). The number of rotatable bonds is 5. The molecule has 1 fully saturated rings. The molecule has 100 valence electrons. The molecule has 4 heteroatoms. The second-order valence-electron chi connectivity index (χ2n) is 5.57. The second-order valence-corrected chi connectivity index (χ2v) is 5.57. The van der Waals surface area contributed by atoms with E-state index in [2.05, 4.69) is 34.0 Å².